The Hall–Kier alpha value is -0.760. The normalized spacial score (nSPS) is 16.5. The van der Waals surface area contributed by atoms with Crippen molar-refractivity contribution in [1.29, 1.82) is 0 Å². The third kappa shape index (κ3) is 7.10. The Morgan fingerprint density at radius 2 is 1.69 bits per heavy atom. The second-order valence-electron chi connectivity index (χ2n) is 5.98. The maximum absolute atomic E-state index is 13.0. The van der Waals surface area contributed by atoms with Crippen molar-refractivity contribution < 1.29 is 22.3 Å². The second kappa shape index (κ2) is 11.8. The minimum Gasteiger partial charge on any atom is -0.428 e. The van der Waals surface area contributed by atoms with Crippen LogP contribution in [0.5, 0.6) is 5.75 Å². The van der Waals surface area contributed by atoms with Crippen LogP contribution in [0.1, 0.15) is 37.8 Å². The van der Waals surface area contributed by atoms with Crippen molar-refractivity contribution in [3.63, 3.8) is 0 Å². The highest BCUT2D eigenvalue weighted by molar-refractivity contribution is 5.85. The molecule has 2 rings (SSSR count). The summed E-state index contributed by atoms with van der Waals surface area (Å²) in [6, 6.07) is 6.27. The van der Waals surface area contributed by atoms with Gasteiger partial charge in [0.05, 0.1) is 0 Å². The lowest BCUT2D eigenvalue weighted by Gasteiger charge is -2.35. The molecule has 1 aliphatic rings. The highest BCUT2D eigenvalue weighted by atomic mass is 35.5. The van der Waals surface area contributed by atoms with Gasteiger partial charge in [0, 0.05) is 32.2 Å². The summed E-state index contributed by atoms with van der Waals surface area (Å²) in [5, 5.41) is 3.31. The van der Waals surface area contributed by atoms with Crippen molar-refractivity contribution in [2.45, 2.75) is 44.8 Å². The predicted molar refractivity (Wildman–Crippen MR) is 99.2 cm³/mol. The smallest absolute Gasteiger partial charge is 0.428 e. The van der Waals surface area contributed by atoms with Gasteiger partial charge in [-0.25, -0.2) is 0 Å². The van der Waals surface area contributed by atoms with E-state index >= 15 is 0 Å². The fourth-order valence-electron chi connectivity index (χ4n) is 2.91. The number of nitrogens with one attached hydrogen (secondary N) is 1. The van der Waals surface area contributed by atoms with E-state index in [1.54, 1.807) is 12.1 Å². The summed E-state index contributed by atoms with van der Waals surface area (Å²) in [5.74, 6) is -0.251. The summed E-state index contributed by atoms with van der Waals surface area (Å²) in [6.07, 6.45) is -5.21. The Morgan fingerprint density at radius 3 is 2.19 bits per heavy atom. The average molecular weight is 421 g/mol. The molecular weight excluding hydrogens is 395 g/mol. The molecule has 152 valence electrons. The van der Waals surface area contributed by atoms with Crippen LogP contribution in [0.4, 0.5) is 17.6 Å². The van der Waals surface area contributed by atoms with Gasteiger partial charge in [0.2, 0.25) is 0 Å². The van der Waals surface area contributed by atoms with Crippen LogP contribution >= 0.6 is 24.8 Å². The summed E-state index contributed by atoms with van der Waals surface area (Å²) in [5.41, 5.74) is 0.998. The Labute approximate surface area is 164 Å². The van der Waals surface area contributed by atoms with Gasteiger partial charge in [0.25, 0.3) is 0 Å². The quantitative estimate of drug-likeness (QED) is 0.605. The van der Waals surface area contributed by atoms with E-state index in [4.69, 9.17) is 0 Å². The molecular formula is C17H26Cl2F4N2O. The molecule has 0 unspecified atom stereocenters. The lowest BCUT2D eigenvalue weighted by molar-refractivity contribution is -0.253. The van der Waals surface area contributed by atoms with Crippen molar-refractivity contribution in [2.75, 3.05) is 26.2 Å². The zero-order valence-corrected chi connectivity index (χ0v) is 16.2. The van der Waals surface area contributed by atoms with Gasteiger partial charge in [-0.05, 0) is 24.1 Å². The van der Waals surface area contributed by atoms with Crippen LogP contribution in [0.3, 0.4) is 0 Å². The van der Waals surface area contributed by atoms with E-state index in [-0.39, 0.29) is 36.6 Å². The van der Waals surface area contributed by atoms with Crippen molar-refractivity contribution in [2.24, 2.45) is 0 Å². The van der Waals surface area contributed by atoms with E-state index in [0.29, 0.717) is 0 Å². The first-order valence-corrected chi connectivity index (χ1v) is 8.33. The van der Waals surface area contributed by atoms with Crippen molar-refractivity contribution in [3.05, 3.63) is 29.8 Å². The topological polar surface area (TPSA) is 24.5 Å². The first-order chi connectivity index (χ1) is 11.4. The van der Waals surface area contributed by atoms with E-state index in [9.17, 15) is 17.6 Å². The molecule has 3 nitrogen and oxygen atoms in total. The molecule has 0 saturated carbocycles. The van der Waals surface area contributed by atoms with Gasteiger partial charge in [-0.2, -0.15) is 17.6 Å². The fourth-order valence-corrected chi connectivity index (χ4v) is 2.91. The summed E-state index contributed by atoms with van der Waals surface area (Å²) in [4.78, 5) is 2.37. The largest absolute Gasteiger partial charge is 0.461 e. The van der Waals surface area contributed by atoms with Gasteiger partial charge in [-0.1, -0.05) is 31.9 Å². The van der Waals surface area contributed by atoms with Gasteiger partial charge in [-0.15, -0.1) is 24.8 Å². The molecule has 0 spiro atoms. The molecule has 1 atom stereocenters. The number of piperazine rings is 1. The number of hydrogen-bond donors (Lipinski definition) is 1. The molecule has 1 saturated heterocycles. The molecule has 1 aromatic rings. The van der Waals surface area contributed by atoms with Crippen LogP contribution in [-0.4, -0.2) is 43.6 Å². The highest BCUT2D eigenvalue weighted by Gasteiger charge is 2.43. The molecule has 1 aliphatic heterocycles. The zero-order chi connectivity index (χ0) is 17.6. The molecule has 1 aromatic carbocycles. The molecule has 1 fully saturated rings. The van der Waals surface area contributed by atoms with Crippen LogP contribution in [-0.2, 0) is 0 Å². The summed E-state index contributed by atoms with van der Waals surface area (Å²) >= 11 is 0. The number of halogens is 6. The van der Waals surface area contributed by atoms with Crippen LogP contribution in [0, 0.1) is 0 Å². The number of alkyl halides is 4. The summed E-state index contributed by atoms with van der Waals surface area (Å²) in [6.45, 7) is 5.82. The van der Waals surface area contributed by atoms with Gasteiger partial charge < -0.3 is 10.1 Å². The zero-order valence-electron chi connectivity index (χ0n) is 14.6. The third-order valence-electron chi connectivity index (χ3n) is 4.20. The van der Waals surface area contributed by atoms with Crippen LogP contribution < -0.4 is 10.1 Å². The Bertz CT molecular complexity index is 500. The van der Waals surface area contributed by atoms with Gasteiger partial charge >= 0.3 is 12.5 Å². The monoisotopic (exact) mass is 420 g/mol. The Balaban J connectivity index is 0.00000312. The summed E-state index contributed by atoms with van der Waals surface area (Å²) < 4.78 is 54.4. The van der Waals surface area contributed by atoms with E-state index in [1.807, 2.05) is 0 Å². The Morgan fingerprint density at radius 1 is 1.12 bits per heavy atom. The number of rotatable bonds is 8. The first kappa shape index (κ1) is 25.2. The minimum absolute atomic E-state index is 0. The summed E-state index contributed by atoms with van der Waals surface area (Å²) in [7, 11) is 0. The molecule has 0 aromatic heterocycles. The van der Waals surface area contributed by atoms with Crippen LogP contribution in [0.2, 0.25) is 0 Å². The van der Waals surface area contributed by atoms with Crippen molar-refractivity contribution >= 4 is 24.8 Å². The highest BCUT2D eigenvalue weighted by Crippen LogP contribution is 2.31. The maximum Gasteiger partial charge on any atom is 0.461 e. The first-order valence-electron chi connectivity index (χ1n) is 8.33. The van der Waals surface area contributed by atoms with E-state index < -0.39 is 12.5 Å². The average Bonchev–Trinajstić information content (AvgIpc) is 2.57. The molecule has 9 heteroatoms. The molecule has 0 radical (unpaired) electrons. The molecule has 0 aliphatic carbocycles. The SMILES string of the molecule is CCCC[C@@H](c1ccc(OC(F)(F)C(F)F)cc1)N1CCNCC1.Cl.Cl. The van der Waals surface area contributed by atoms with Gasteiger partial charge in [0.1, 0.15) is 5.75 Å². The lowest BCUT2D eigenvalue weighted by atomic mass is 9.98. The van der Waals surface area contributed by atoms with E-state index in [1.165, 1.54) is 12.1 Å². The minimum atomic E-state index is -4.47. The third-order valence-corrected chi connectivity index (χ3v) is 4.20. The van der Waals surface area contributed by atoms with Gasteiger partial charge in [0.15, 0.2) is 0 Å². The number of hydrogen-bond acceptors (Lipinski definition) is 3. The van der Waals surface area contributed by atoms with Crippen molar-refractivity contribution in [3.8, 4) is 5.75 Å². The maximum atomic E-state index is 13.0. The van der Waals surface area contributed by atoms with Crippen LogP contribution in [0.25, 0.3) is 0 Å². The van der Waals surface area contributed by atoms with Gasteiger partial charge in [-0.3, -0.25) is 4.90 Å². The predicted octanol–water partition coefficient (Wildman–Crippen LogP) is 4.90. The number of benzene rings is 1. The lowest BCUT2D eigenvalue weighted by Crippen LogP contribution is -2.45. The molecule has 26 heavy (non-hydrogen) atoms. The fraction of sp³-hybridized carbons (Fsp3) is 0.647. The molecule has 0 amide bonds. The van der Waals surface area contributed by atoms with E-state index in [2.05, 4.69) is 21.9 Å². The standard InChI is InChI=1S/C17H24F4N2O.2ClH/c1-2-3-4-15(23-11-9-22-10-12-23)13-5-7-14(8-6-13)24-17(20,21)16(18)19;;/h5-8,15-16,22H,2-4,9-12H2,1H3;2*1H/t15-;;/m0../s1. The van der Waals surface area contributed by atoms with Crippen LogP contribution in [0.15, 0.2) is 24.3 Å². The number of nitrogens with zero attached hydrogens (tertiary/aromatic N) is 1. The number of unbranched alkanes of at least 4 members (excludes halogenated alkanes) is 1. The van der Waals surface area contributed by atoms with E-state index in [0.717, 1.165) is 51.0 Å². The molecule has 1 heterocycles. The molecule has 0 bridgehead atoms. The second-order valence-corrected chi connectivity index (χ2v) is 5.98. The Kier molecular flexibility index (Phi) is 11.5. The number of ether oxygens (including phenoxy) is 1. The van der Waals surface area contributed by atoms with Crippen molar-refractivity contribution in [1.82, 2.24) is 10.2 Å². The molecule has 1 N–H and O–H groups in total.